The standard InChI is InChI=1S/C69H127NO14/c1-9-17-23-29-44-75-63(76-45-30-24-18-10-2)40-37-60(72)81-55-66-50-67(56-82-61(73)38-41-64(77-46-31-25-19-11-3)78-47-32-26-20-12-4)52-68(51-66,57-83-59(71)36-35-43-70(15-7)16-8)69(53-66,54-67)58-84-62(74)39-42-65(79-48-33-27-21-13-5)80-49-34-28-22-14-6/h63-65H,9-58H2,1-8H3. The number of rotatable bonds is 59. The molecule has 0 aliphatic heterocycles. The van der Waals surface area contributed by atoms with Crippen LogP contribution in [0.3, 0.4) is 0 Å². The van der Waals surface area contributed by atoms with E-state index in [1.165, 1.54) is 0 Å². The normalized spacial score (nSPS) is 20.8. The average molecular weight is 1190 g/mol. The van der Waals surface area contributed by atoms with Gasteiger partial charge in [0.25, 0.3) is 0 Å². The minimum absolute atomic E-state index is 0.108. The van der Waals surface area contributed by atoms with E-state index in [-0.39, 0.29) is 69.6 Å². The summed E-state index contributed by atoms with van der Waals surface area (Å²) in [7, 11) is 0. The fraction of sp³-hybridized carbons (Fsp3) is 0.942. The highest BCUT2D eigenvalue weighted by Crippen LogP contribution is 2.80. The molecule has 4 saturated carbocycles. The fourth-order valence-electron chi connectivity index (χ4n) is 13.7. The van der Waals surface area contributed by atoms with Crippen molar-refractivity contribution in [2.75, 3.05) is 85.7 Å². The van der Waals surface area contributed by atoms with Crippen LogP contribution >= 0.6 is 0 Å². The summed E-state index contributed by atoms with van der Waals surface area (Å²) in [6.07, 6.45) is 30.1. The van der Waals surface area contributed by atoms with Crippen molar-refractivity contribution in [2.45, 2.75) is 312 Å². The monoisotopic (exact) mass is 1190 g/mol. The molecule has 15 nitrogen and oxygen atoms in total. The molecule has 4 aliphatic carbocycles. The van der Waals surface area contributed by atoms with Crippen molar-refractivity contribution in [2.24, 2.45) is 21.7 Å². The molecule has 0 aromatic heterocycles. The molecule has 2 unspecified atom stereocenters. The molecule has 0 amide bonds. The molecule has 0 radical (unpaired) electrons. The van der Waals surface area contributed by atoms with Crippen LogP contribution in [0.1, 0.15) is 293 Å². The quantitative estimate of drug-likeness (QED) is 0.0244. The average Bonchev–Trinajstić information content (AvgIpc) is 1.53. The van der Waals surface area contributed by atoms with Crippen molar-refractivity contribution in [1.29, 1.82) is 0 Å². The van der Waals surface area contributed by atoms with Crippen LogP contribution in [0.5, 0.6) is 0 Å². The Kier molecular flexibility index (Phi) is 41.4. The van der Waals surface area contributed by atoms with Gasteiger partial charge in [-0.15, -0.1) is 0 Å². The summed E-state index contributed by atoms with van der Waals surface area (Å²) in [6.45, 7) is 24.1. The van der Waals surface area contributed by atoms with Crippen molar-refractivity contribution in [3.8, 4) is 0 Å². The van der Waals surface area contributed by atoms with Gasteiger partial charge in [-0.05, 0) is 96.7 Å². The van der Waals surface area contributed by atoms with Crippen molar-refractivity contribution >= 4 is 23.9 Å². The van der Waals surface area contributed by atoms with E-state index in [1.807, 2.05) is 0 Å². The Morgan fingerprint density at radius 2 is 0.583 bits per heavy atom. The number of nitrogens with zero attached hydrogens (tertiary/aromatic N) is 1. The molecule has 492 valence electrons. The van der Waals surface area contributed by atoms with Crippen molar-refractivity contribution in [3.05, 3.63) is 0 Å². The Morgan fingerprint density at radius 3 is 0.845 bits per heavy atom. The zero-order valence-corrected chi connectivity index (χ0v) is 55.3. The molecule has 4 rings (SSSR count). The molecule has 0 spiro atoms. The predicted octanol–water partition coefficient (Wildman–Crippen LogP) is 16.1. The maximum Gasteiger partial charge on any atom is 0.305 e. The third-order valence-electron chi connectivity index (χ3n) is 18.1. The van der Waals surface area contributed by atoms with E-state index in [0.717, 1.165) is 174 Å². The molecule has 84 heavy (non-hydrogen) atoms. The largest absolute Gasteiger partial charge is 0.465 e. The summed E-state index contributed by atoms with van der Waals surface area (Å²) in [5.74, 6) is -1.23. The lowest BCUT2D eigenvalue weighted by molar-refractivity contribution is -0.167. The molecule has 0 aromatic rings. The second kappa shape index (κ2) is 45.8. The van der Waals surface area contributed by atoms with E-state index in [2.05, 4.69) is 60.3 Å². The van der Waals surface area contributed by atoms with Gasteiger partial charge < -0.3 is 52.3 Å². The van der Waals surface area contributed by atoms with Crippen LogP contribution in [0.25, 0.3) is 0 Å². The third kappa shape index (κ3) is 30.2. The number of unbranched alkanes of at least 4 members (excludes halogenated alkanes) is 18. The van der Waals surface area contributed by atoms with Crippen LogP contribution in [0.15, 0.2) is 0 Å². The second-order valence-corrected chi connectivity index (χ2v) is 25.7. The van der Waals surface area contributed by atoms with Gasteiger partial charge >= 0.3 is 23.9 Å². The summed E-state index contributed by atoms with van der Waals surface area (Å²) in [5.41, 5.74) is -2.36. The predicted molar refractivity (Wildman–Crippen MR) is 333 cm³/mol. The zero-order valence-electron chi connectivity index (χ0n) is 55.3. The first-order valence-corrected chi connectivity index (χ1v) is 34.9. The van der Waals surface area contributed by atoms with Crippen molar-refractivity contribution in [3.63, 3.8) is 0 Å². The molecule has 4 aliphatic rings. The molecule has 15 heteroatoms. The van der Waals surface area contributed by atoms with Gasteiger partial charge in [-0.2, -0.15) is 0 Å². The van der Waals surface area contributed by atoms with Crippen LogP contribution in [0, 0.1) is 21.7 Å². The summed E-state index contributed by atoms with van der Waals surface area (Å²) >= 11 is 0. The van der Waals surface area contributed by atoms with Crippen LogP contribution in [0.4, 0.5) is 0 Å². The minimum Gasteiger partial charge on any atom is -0.465 e. The second-order valence-electron chi connectivity index (χ2n) is 25.7. The number of carbonyl (C=O) groups is 4. The highest BCUT2D eigenvalue weighted by molar-refractivity contribution is 5.71. The third-order valence-corrected chi connectivity index (χ3v) is 18.1. The van der Waals surface area contributed by atoms with Gasteiger partial charge in [0, 0.05) is 87.0 Å². The first-order valence-electron chi connectivity index (χ1n) is 34.9. The lowest BCUT2D eigenvalue weighted by Crippen LogP contribution is -2.44. The fourth-order valence-corrected chi connectivity index (χ4v) is 13.7. The Labute approximate surface area is 512 Å². The Balaban J connectivity index is 1.91. The van der Waals surface area contributed by atoms with Crippen LogP contribution in [-0.4, -0.2) is 133 Å². The van der Waals surface area contributed by atoms with Gasteiger partial charge in [0.05, 0.1) is 45.7 Å². The molecule has 2 atom stereocenters. The Morgan fingerprint density at radius 1 is 0.321 bits per heavy atom. The number of ether oxygens (including phenoxy) is 10. The van der Waals surface area contributed by atoms with Crippen molar-refractivity contribution in [1.82, 2.24) is 4.90 Å². The maximum atomic E-state index is 14.1. The van der Waals surface area contributed by atoms with E-state index in [4.69, 9.17) is 47.4 Å². The van der Waals surface area contributed by atoms with E-state index < -0.39 is 40.5 Å². The van der Waals surface area contributed by atoms with E-state index in [1.54, 1.807) is 0 Å². The molecule has 4 fully saturated rings. The number of hydrogen-bond acceptors (Lipinski definition) is 15. The van der Waals surface area contributed by atoms with Crippen LogP contribution < -0.4 is 0 Å². The Bertz CT molecular complexity index is 1580. The molecule has 0 saturated heterocycles. The first-order chi connectivity index (χ1) is 40.8. The summed E-state index contributed by atoms with van der Waals surface area (Å²) < 4.78 is 62.9. The van der Waals surface area contributed by atoms with Crippen molar-refractivity contribution < 1.29 is 66.5 Å². The van der Waals surface area contributed by atoms with Crippen LogP contribution in [-0.2, 0) is 66.5 Å². The van der Waals surface area contributed by atoms with Gasteiger partial charge in [-0.25, -0.2) is 0 Å². The summed E-state index contributed by atoms with van der Waals surface area (Å²) in [4.78, 5) is 58.1. The lowest BCUT2D eigenvalue weighted by Gasteiger charge is -2.47. The molecule has 0 heterocycles. The van der Waals surface area contributed by atoms with E-state index in [0.29, 0.717) is 104 Å². The van der Waals surface area contributed by atoms with Crippen LogP contribution in [0.2, 0.25) is 0 Å². The van der Waals surface area contributed by atoms with Gasteiger partial charge in [-0.3, -0.25) is 19.2 Å². The number of esters is 4. The SMILES string of the molecule is CCCCCCOC(CCC(=O)OCC12CC3(COC(=O)CCC(OCCCCCC)OCCCCCC)CC(COC(=O)CCCN(CC)CC)(C1)C(COC(=O)CCC(OCCCCCC)OCCCCCC)(C2)C3)OCCCCCC. The van der Waals surface area contributed by atoms with Gasteiger partial charge in [0.15, 0.2) is 18.9 Å². The van der Waals surface area contributed by atoms with E-state index >= 15 is 0 Å². The minimum atomic E-state index is -0.642. The van der Waals surface area contributed by atoms with Gasteiger partial charge in [-0.1, -0.05) is 171 Å². The molecular formula is C69H127NO14. The first kappa shape index (κ1) is 75.8. The van der Waals surface area contributed by atoms with Gasteiger partial charge in [0.1, 0.15) is 0 Å². The summed E-state index contributed by atoms with van der Waals surface area (Å²) in [6, 6.07) is 0. The summed E-state index contributed by atoms with van der Waals surface area (Å²) in [5, 5.41) is 0. The maximum absolute atomic E-state index is 14.1. The molecule has 0 N–H and O–H groups in total. The smallest absolute Gasteiger partial charge is 0.305 e. The highest BCUT2D eigenvalue weighted by Gasteiger charge is 2.77. The molecule has 0 aromatic carbocycles. The van der Waals surface area contributed by atoms with Gasteiger partial charge in [0.2, 0.25) is 0 Å². The number of hydrogen-bond donors (Lipinski definition) is 0. The Hall–Kier alpha value is -2.40. The zero-order chi connectivity index (χ0) is 61.0. The lowest BCUT2D eigenvalue weighted by atomic mass is 9.59. The highest BCUT2D eigenvalue weighted by atomic mass is 16.7. The molecule has 4 bridgehead atoms. The number of carbonyl (C=O) groups excluding carboxylic acids is 4. The topological polar surface area (TPSA) is 164 Å². The molecular weight excluding hydrogens is 1070 g/mol. The van der Waals surface area contributed by atoms with E-state index in [9.17, 15) is 19.2 Å².